The molecule has 146 valence electrons. The van der Waals surface area contributed by atoms with Crippen LogP contribution in [0.4, 0.5) is 15.8 Å². The Morgan fingerprint density at radius 3 is 2.59 bits per heavy atom. The monoisotopic (exact) mass is 390 g/mol. The first-order valence-corrected chi connectivity index (χ1v) is 11.2. The molecule has 0 saturated carbocycles. The Balaban J connectivity index is 1.63. The average molecular weight is 391 g/mol. The minimum Gasteiger partial charge on any atom is -0.367 e. The van der Waals surface area contributed by atoms with Gasteiger partial charge in [-0.25, -0.2) is 12.8 Å². The third-order valence-electron chi connectivity index (χ3n) is 4.90. The third-order valence-corrected chi connectivity index (χ3v) is 6.27. The van der Waals surface area contributed by atoms with Crippen molar-refractivity contribution in [3.05, 3.63) is 59.4 Å². The zero-order valence-electron chi connectivity index (χ0n) is 15.7. The van der Waals surface area contributed by atoms with Crippen molar-refractivity contribution in [3.8, 4) is 0 Å². The Morgan fingerprint density at radius 2 is 1.85 bits per heavy atom. The first-order chi connectivity index (χ1) is 13.0. The number of rotatable bonds is 9. The van der Waals surface area contributed by atoms with Gasteiger partial charge < -0.3 is 4.90 Å². The van der Waals surface area contributed by atoms with Crippen LogP contribution >= 0.6 is 0 Å². The van der Waals surface area contributed by atoms with E-state index in [2.05, 4.69) is 16.5 Å². The van der Waals surface area contributed by atoms with Gasteiger partial charge in [0.2, 0.25) is 10.0 Å². The maximum absolute atomic E-state index is 13.1. The van der Waals surface area contributed by atoms with E-state index in [1.54, 1.807) is 12.1 Å². The van der Waals surface area contributed by atoms with Crippen molar-refractivity contribution < 1.29 is 12.8 Å². The van der Waals surface area contributed by atoms with Crippen molar-refractivity contribution in [2.24, 2.45) is 0 Å². The second-order valence-electron chi connectivity index (χ2n) is 7.12. The maximum atomic E-state index is 13.1. The second-order valence-corrected chi connectivity index (χ2v) is 8.96. The number of hydrogen-bond acceptors (Lipinski definition) is 3. The minimum absolute atomic E-state index is 0.167. The molecule has 27 heavy (non-hydrogen) atoms. The van der Waals surface area contributed by atoms with Gasteiger partial charge in [-0.2, -0.15) is 0 Å². The van der Waals surface area contributed by atoms with E-state index in [1.807, 2.05) is 18.2 Å². The van der Waals surface area contributed by atoms with Gasteiger partial charge in [-0.1, -0.05) is 38.3 Å². The molecule has 0 fully saturated rings. The summed E-state index contributed by atoms with van der Waals surface area (Å²) >= 11 is 0. The van der Waals surface area contributed by atoms with Crippen LogP contribution in [0.15, 0.2) is 42.5 Å². The van der Waals surface area contributed by atoms with E-state index in [4.69, 9.17) is 0 Å². The molecule has 3 rings (SSSR count). The van der Waals surface area contributed by atoms with Crippen molar-refractivity contribution in [1.29, 1.82) is 0 Å². The lowest BCUT2D eigenvalue weighted by Crippen LogP contribution is -2.19. The highest BCUT2D eigenvalue weighted by molar-refractivity contribution is 7.92. The molecule has 2 aromatic carbocycles. The molecule has 0 amide bonds. The lowest BCUT2D eigenvalue weighted by molar-refractivity contribution is 0.594. The van der Waals surface area contributed by atoms with Crippen molar-refractivity contribution in [2.45, 2.75) is 45.6 Å². The van der Waals surface area contributed by atoms with E-state index >= 15 is 0 Å². The highest BCUT2D eigenvalue weighted by Gasteiger charge is 2.20. The van der Waals surface area contributed by atoms with Crippen LogP contribution in [0.3, 0.4) is 0 Å². The Hall–Kier alpha value is -2.08. The molecule has 0 aliphatic carbocycles. The zero-order valence-corrected chi connectivity index (χ0v) is 16.6. The highest BCUT2D eigenvalue weighted by atomic mass is 32.2. The number of sulfonamides is 1. The summed E-state index contributed by atoms with van der Waals surface area (Å²) in [6.07, 6.45) is 4.67. The number of nitrogens with one attached hydrogen (secondary N) is 1. The molecular weight excluding hydrogens is 363 g/mol. The average Bonchev–Trinajstić information content (AvgIpc) is 3.02. The fraction of sp³-hybridized carbons (Fsp3) is 0.429. The topological polar surface area (TPSA) is 49.4 Å². The third kappa shape index (κ3) is 5.45. The Labute approximate surface area is 161 Å². The number of anilines is 2. The summed E-state index contributed by atoms with van der Waals surface area (Å²) in [5, 5.41) is 0. The first kappa shape index (κ1) is 19.7. The standard InChI is InChI=1S/C21H27FN2O2S/c1-2-3-4-5-14-27(25,26)23-20-10-11-21-18(15-20)12-13-24(21)16-17-6-8-19(22)9-7-17/h6-11,15,23H,2-5,12-14,16H2,1H3. The number of halogens is 1. The summed E-state index contributed by atoms with van der Waals surface area (Å²) < 4.78 is 40.3. The van der Waals surface area contributed by atoms with Crippen molar-refractivity contribution >= 4 is 21.4 Å². The van der Waals surface area contributed by atoms with E-state index in [0.29, 0.717) is 12.1 Å². The predicted molar refractivity (Wildman–Crippen MR) is 109 cm³/mol. The quantitative estimate of drug-likeness (QED) is 0.631. The van der Waals surface area contributed by atoms with Crippen LogP contribution in [-0.4, -0.2) is 20.7 Å². The molecule has 0 saturated heterocycles. The van der Waals surface area contributed by atoms with Crippen LogP contribution in [0.1, 0.15) is 43.7 Å². The molecule has 1 heterocycles. The van der Waals surface area contributed by atoms with Crippen molar-refractivity contribution in [1.82, 2.24) is 0 Å². The van der Waals surface area contributed by atoms with Crippen LogP contribution in [-0.2, 0) is 23.0 Å². The molecule has 1 aliphatic rings. The normalized spacial score (nSPS) is 13.6. The van der Waals surface area contributed by atoms with Gasteiger partial charge in [0.25, 0.3) is 0 Å². The van der Waals surface area contributed by atoms with Crippen molar-refractivity contribution in [2.75, 3.05) is 21.9 Å². The minimum atomic E-state index is -3.30. The largest absolute Gasteiger partial charge is 0.367 e. The molecule has 0 radical (unpaired) electrons. The molecular formula is C21H27FN2O2S. The number of hydrogen-bond donors (Lipinski definition) is 1. The van der Waals surface area contributed by atoms with Gasteiger partial charge in [-0.05, 0) is 54.3 Å². The molecule has 0 aromatic heterocycles. The summed E-state index contributed by atoms with van der Waals surface area (Å²) in [6.45, 7) is 3.70. The molecule has 6 heteroatoms. The molecule has 1 N–H and O–H groups in total. The SMILES string of the molecule is CCCCCCS(=O)(=O)Nc1ccc2c(c1)CCN2Cc1ccc(F)cc1. The fourth-order valence-electron chi connectivity index (χ4n) is 3.46. The lowest BCUT2D eigenvalue weighted by Gasteiger charge is -2.20. The van der Waals surface area contributed by atoms with Crippen LogP contribution in [0.5, 0.6) is 0 Å². The highest BCUT2D eigenvalue weighted by Crippen LogP contribution is 2.32. The summed E-state index contributed by atoms with van der Waals surface area (Å²) in [7, 11) is -3.30. The fourth-order valence-corrected chi connectivity index (χ4v) is 4.63. The number of nitrogens with zero attached hydrogens (tertiary/aromatic N) is 1. The van der Waals surface area contributed by atoms with Gasteiger partial charge in [0.15, 0.2) is 0 Å². The Morgan fingerprint density at radius 1 is 1.07 bits per heavy atom. The van der Waals surface area contributed by atoms with Gasteiger partial charge in [0.1, 0.15) is 5.82 Å². The van der Waals surface area contributed by atoms with E-state index in [9.17, 15) is 12.8 Å². The second kappa shape index (κ2) is 8.74. The van der Waals surface area contributed by atoms with Gasteiger partial charge in [-0.15, -0.1) is 0 Å². The van der Waals surface area contributed by atoms with Gasteiger partial charge in [-0.3, -0.25) is 4.72 Å². The van der Waals surface area contributed by atoms with Crippen LogP contribution in [0, 0.1) is 5.82 Å². The Bertz CT molecular complexity index is 866. The zero-order chi connectivity index (χ0) is 19.3. The molecule has 0 atom stereocenters. The summed E-state index contributed by atoms with van der Waals surface area (Å²) in [5.41, 5.74) is 3.95. The van der Waals surface area contributed by atoms with E-state index in [-0.39, 0.29) is 11.6 Å². The predicted octanol–water partition coefficient (Wildman–Crippen LogP) is 4.71. The van der Waals surface area contributed by atoms with E-state index in [1.165, 1.54) is 12.1 Å². The number of fused-ring (bicyclic) bond motifs is 1. The van der Waals surface area contributed by atoms with Crippen LogP contribution < -0.4 is 9.62 Å². The van der Waals surface area contributed by atoms with Crippen LogP contribution in [0.2, 0.25) is 0 Å². The Kier molecular flexibility index (Phi) is 6.37. The van der Waals surface area contributed by atoms with E-state index in [0.717, 1.165) is 55.6 Å². The molecule has 4 nitrogen and oxygen atoms in total. The van der Waals surface area contributed by atoms with E-state index < -0.39 is 10.0 Å². The van der Waals surface area contributed by atoms with Gasteiger partial charge in [0, 0.05) is 24.5 Å². The molecule has 0 unspecified atom stereocenters. The summed E-state index contributed by atoms with van der Waals surface area (Å²) in [6, 6.07) is 12.3. The van der Waals surface area contributed by atoms with Crippen LogP contribution in [0.25, 0.3) is 0 Å². The van der Waals surface area contributed by atoms with Gasteiger partial charge >= 0.3 is 0 Å². The molecule has 1 aliphatic heterocycles. The van der Waals surface area contributed by atoms with Gasteiger partial charge in [0.05, 0.1) is 5.75 Å². The number of unbranched alkanes of at least 4 members (excludes halogenated alkanes) is 3. The molecule has 0 bridgehead atoms. The summed E-state index contributed by atoms with van der Waals surface area (Å²) in [5.74, 6) is -0.0620. The smallest absolute Gasteiger partial charge is 0.232 e. The van der Waals surface area contributed by atoms with Crippen molar-refractivity contribution in [3.63, 3.8) is 0 Å². The molecule has 0 spiro atoms. The molecule has 2 aromatic rings. The number of benzene rings is 2. The lowest BCUT2D eigenvalue weighted by atomic mass is 10.1. The summed E-state index contributed by atoms with van der Waals surface area (Å²) in [4.78, 5) is 2.24. The maximum Gasteiger partial charge on any atom is 0.232 e. The first-order valence-electron chi connectivity index (χ1n) is 9.59.